The highest BCUT2D eigenvalue weighted by molar-refractivity contribution is 8.00. The van der Waals surface area contributed by atoms with E-state index in [4.69, 9.17) is 0 Å². The molecule has 1 aromatic heterocycles. The number of aliphatic carboxylic acids is 1. The molecule has 0 radical (unpaired) electrons. The van der Waals surface area contributed by atoms with Crippen molar-refractivity contribution in [2.75, 3.05) is 5.75 Å². The summed E-state index contributed by atoms with van der Waals surface area (Å²) in [4.78, 5) is 30.7. The number of benzene rings is 1. The molecule has 1 aliphatic carbocycles. The number of rotatable bonds is 5. The van der Waals surface area contributed by atoms with Crippen molar-refractivity contribution < 1.29 is 19.1 Å². The Bertz CT molecular complexity index is 1040. The van der Waals surface area contributed by atoms with Crippen molar-refractivity contribution in [2.45, 2.75) is 25.1 Å². The van der Waals surface area contributed by atoms with Gasteiger partial charge in [0, 0.05) is 35.0 Å². The van der Waals surface area contributed by atoms with Gasteiger partial charge in [-0.3, -0.25) is 14.7 Å². The second kappa shape index (κ2) is 8.07. The lowest BCUT2D eigenvalue weighted by Gasteiger charge is -2.41. The fraction of sp³-hybridized carbons (Fsp3) is 0.261. The van der Waals surface area contributed by atoms with Crippen LogP contribution < -0.4 is 0 Å². The SMILES string of the molecule is CC1(Cc2ccccn2)CC(C(=O)O)=CC=C1N1C(=O)CSC1c1ccc(F)cc1. The number of carboxylic acid groups (broad SMARTS) is 1. The van der Waals surface area contributed by atoms with E-state index in [1.807, 2.05) is 25.1 Å². The van der Waals surface area contributed by atoms with Crippen molar-refractivity contribution in [1.82, 2.24) is 9.88 Å². The average Bonchev–Trinajstić information content (AvgIpc) is 3.10. The van der Waals surface area contributed by atoms with Gasteiger partial charge in [0.25, 0.3) is 0 Å². The van der Waals surface area contributed by atoms with Gasteiger partial charge in [-0.05, 0) is 42.3 Å². The Morgan fingerprint density at radius 2 is 2.03 bits per heavy atom. The maximum absolute atomic E-state index is 13.4. The number of amides is 1. The van der Waals surface area contributed by atoms with E-state index in [0.29, 0.717) is 17.7 Å². The lowest BCUT2D eigenvalue weighted by molar-refractivity contribution is -0.133. The molecule has 1 aromatic carbocycles. The van der Waals surface area contributed by atoms with Crippen LogP contribution in [0, 0.1) is 11.2 Å². The summed E-state index contributed by atoms with van der Waals surface area (Å²) in [7, 11) is 0. The van der Waals surface area contributed by atoms with Crippen molar-refractivity contribution in [1.29, 1.82) is 0 Å². The molecule has 5 nitrogen and oxygen atoms in total. The van der Waals surface area contributed by atoms with Crippen LogP contribution in [0.15, 0.2) is 72.1 Å². The van der Waals surface area contributed by atoms with Gasteiger partial charge < -0.3 is 5.11 Å². The maximum Gasteiger partial charge on any atom is 0.331 e. The topological polar surface area (TPSA) is 70.5 Å². The summed E-state index contributed by atoms with van der Waals surface area (Å²) in [5.41, 5.74) is 2.10. The minimum Gasteiger partial charge on any atom is -0.478 e. The van der Waals surface area contributed by atoms with Gasteiger partial charge in [-0.1, -0.05) is 31.2 Å². The summed E-state index contributed by atoms with van der Waals surface area (Å²) in [5.74, 6) is -1.02. The second-order valence-electron chi connectivity index (χ2n) is 7.76. The van der Waals surface area contributed by atoms with E-state index in [2.05, 4.69) is 4.98 Å². The molecule has 154 valence electrons. The Balaban J connectivity index is 1.76. The van der Waals surface area contributed by atoms with Gasteiger partial charge in [0.05, 0.1) is 5.75 Å². The first kappa shape index (κ1) is 20.3. The summed E-state index contributed by atoms with van der Waals surface area (Å²) in [6.07, 6.45) is 5.81. The Kier molecular flexibility index (Phi) is 5.47. The zero-order valence-corrected chi connectivity index (χ0v) is 17.2. The number of pyridine rings is 1. The van der Waals surface area contributed by atoms with Crippen LogP contribution in [0.3, 0.4) is 0 Å². The lowest BCUT2D eigenvalue weighted by Crippen LogP contribution is -2.39. The summed E-state index contributed by atoms with van der Waals surface area (Å²) in [6, 6.07) is 11.8. The first-order valence-electron chi connectivity index (χ1n) is 9.61. The fourth-order valence-electron chi connectivity index (χ4n) is 4.08. The predicted octanol–water partition coefficient (Wildman–Crippen LogP) is 4.34. The highest BCUT2D eigenvalue weighted by Crippen LogP contribution is 2.49. The molecule has 0 bridgehead atoms. The van der Waals surface area contributed by atoms with Crippen LogP contribution in [-0.4, -0.2) is 32.6 Å². The zero-order valence-electron chi connectivity index (χ0n) is 16.4. The molecule has 2 atom stereocenters. The Morgan fingerprint density at radius 3 is 2.70 bits per heavy atom. The normalized spacial score (nSPS) is 23.9. The smallest absolute Gasteiger partial charge is 0.331 e. The lowest BCUT2D eigenvalue weighted by atomic mass is 9.73. The highest BCUT2D eigenvalue weighted by Gasteiger charge is 2.44. The van der Waals surface area contributed by atoms with E-state index < -0.39 is 11.4 Å². The van der Waals surface area contributed by atoms with E-state index in [0.717, 1.165) is 17.0 Å². The number of thioether (sulfide) groups is 1. The molecule has 0 spiro atoms. The molecule has 1 fully saturated rings. The zero-order chi connectivity index (χ0) is 21.3. The summed E-state index contributed by atoms with van der Waals surface area (Å²) in [5, 5.41) is 9.28. The number of allylic oxidation sites excluding steroid dienone is 3. The Labute approximate surface area is 178 Å². The summed E-state index contributed by atoms with van der Waals surface area (Å²) < 4.78 is 13.4. The van der Waals surface area contributed by atoms with Crippen LogP contribution in [0.4, 0.5) is 4.39 Å². The van der Waals surface area contributed by atoms with E-state index in [-0.39, 0.29) is 23.5 Å². The third kappa shape index (κ3) is 3.89. The number of carbonyl (C=O) groups is 2. The quantitative estimate of drug-likeness (QED) is 0.773. The van der Waals surface area contributed by atoms with Crippen molar-refractivity contribution in [3.05, 3.63) is 89.2 Å². The number of hydrogen-bond acceptors (Lipinski definition) is 4. The van der Waals surface area contributed by atoms with Gasteiger partial charge in [0.15, 0.2) is 0 Å². The third-order valence-corrected chi connectivity index (χ3v) is 6.71. The van der Waals surface area contributed by atoms with E-state index >= 15 is 0 Å². The summed E-state index contributed by atoms with van der Waals surface area (Å²) >= 11 is 1.49. The maximum atomic E-state index is 13.4. The molecule has 2 unspecified atom stereocenters. The minimum atomic E-state index is -0.963. The number of nitrogens with zero attached hydrogens (tertiary/aromatic N) is 2. The van der Waals surface area contributed by atoms with Gasteiger partial charge in [-0.15, -0.1) is 11.8 Å². The third-order valence-electron chi connectivity index (χ3n) is 5.50. The second-order valence-corrected chi connectivity index (χ2v) is 8.83. The van der Waals surface area contributed by atoms with Gasteiger partial charge in [-0.2, -0.15) is 0 Å². The predicted molar refractivity (Wildman–Crippen MR) is 113 cm³/mol. The van der Waals surface area contributed by atoms with Crippen LogP contribution in [-0.2, 0) is 16.0 Å². The number of carboxylic acids is 1. The number of halogens is 1. The van der Waals surface area contributed by atoms with Gasteiger partial charge in [0.2, 0.25) is 5.91 Å². The molecule has 1 amide bonds. The first-order chi connectivity index (χ1) is 14.4. The van der Waals surface area contributed by atoms with E-state index in [1.165, 1.54) is 23.9 Å². The fourth-order valence-corrected chi connectivity index (χ4v) is 5.25. The molecular weight excluding hydrogens is 403 g/mol. The Hall–Kier alpha value is -2.93. The molecule has 1 aliphatic heterocycles. The molecular formula is C23H21FN2O3S. The van der Waals surface area contributed by atoms with Crippen LogP contribution in [0.5, 0.6) is 0 Å². The van der Waals surface area contributed by atoms with Crippen molar-refractivity contribution >= 4 is 23.6 Å². The monoisotopic (exact) mass is 424 g/mol. The first-order valence-corrected chi connectivity index (χ1v) is 10.7. The van der Waals surface area contributed by atoms with Crippen molar-refractivity contribution in [3.8, 4) is 0 Å². The minimum absolute atomic E-state index is 0.0417. The van der Waals surface area contributed by atoms with E-state index in [9.17, 15) is 19.1 Å². The van der Waals surface area contributed by atoms with E-state index in [1.54, 1.807) is 35.4 Å². The van der Waals surface area contributed by atoms with Crippen LogP contribution in [0.25, 0.3) is 0 Å². The van der Waals surface area contributed by atoms with Gasteiger partial charge in [-0.25, -0.2) is 9.18 Å². The van der Waals surface area contributed by atoms with Crippen LogP contribution >= 0.6 is 11.8 Å². The summed E-state index contributed by atoms with van der Waals surface area (Å²) in [6.45, 7) is 1.97. The Morgan fingerprint density at radius 1 is 1.27 bits per heavy atom. The number of hydrogen-bond donors (Lipinski definition) is 1. The number of carbonyl (C=O) groups excluding carboxylic acids is 1. The van der Waals surface area contributed by atoms with Crippen molar-refractivity contribution in [3.63, 3.8) is 0 Å². The molecule has 2 aromatic rings. The van der Waals surface area contributed by atoms with Gasteiger partial charge in [0.1, 0.15) is 11.2 Å². The molecule has 0 saturated carbocycles. The molecule has 4 rings (SSSR count). The largest absolute Gasteiger partial charge is 0.478 e. The van der Waals surface area contributed by atoms with Crippen molar-refractivity contribution in [2.24, 2.45) is 5.41 Å². The highest BCUT2D eigenvalue weighted by atomic mass is 32.2. The average molecular weight is 424 g/mol. The number of aromatic nitrogens is 1. The standard InChI is InChI=1S/C23H21FN2O3S/c1-23(13-18-4-2-3-11-25-18)12-16(22(28)29)7-10-19(23)26-20(27)14-30-21(26)15-5-8-17(24)9-6-15/h2-11,21H,12-14H2,1H3,(H,28,29). The molecule has 1 N–H and O–H groups in total. The molecule has 2 heterocycles. The molecule has 30 heavy (non-hydrogen) atoms. The molecule has 2 aliphatic rings. The van der Waals surface area contributed by atoms with Crippen LogP contribution in [0.2, 0.25) is 0 Å². The van der Waals surface area contributed by atoms with Crippen LogP contribution in [0.1, 0.15) is 30.0 Å². The molecule has 1 saturated heterocycles. The molecule has 7 heteroatoms. The van der Waals surface area contributed by atoms with Gasteiger partial charge >= 0.3 is 5.97 Å².